The van der Waals surface area contributed by atoms with E-state index >= 15 is 0 Å². The van der Waals surface area contributed by atoms with E-state index < -0.39 is 10.0 Å². The Morgan fingerprint density at radius 2 is 1.95 bits per heavy atom. The van der Waals surface area contributed by atoms with Gasteiger partial charge in [-0.2, -0.15) is 0 Å². The van der Waals surface area contributed by atoms with Gasteiger partial charge in [0.15, 0.2) is 0 Å². The van der Waals surface area contributed by atoms with Crippen molar-refractivity contribution < 1.29 is 8.42 Å². The number of hydrogen-bond donors (Lipinski definition) is 0. The Morgan fingerprint density at radius 3 is 2.67 bits per heavy atom. The second kappa shape index (κ2) is 6.24. The van der Waals surface area contributed by atoms with E-state index in [1.54, 1.807) is 7.05 Å². The zero-order valence-electron chi connectivity index (χ0n) is 11.9. The molecule has 0 spiro atoms. The molecule has 1 fully saturated rings. The van der Waals surface area contributed by atoms with Crippen LogP contribution in [-0.2, 0) is 10.0 Å². The molecule has 2 aromatic rings. The second-order valence-corrected chi connectivity index (χ2v) is 10.1. The first-order chi connectivity index (χ1) is 10.1. The Kier molecular flexibility index (Phi) is 4.54. The Bertz CT molecular complexity index is 688. The van der Waals surface area contributed by atoms with Gasteiger partial charge in [-0.05, 0) is 25.0 Å². The van der Waals surface area contributed by atoms with Crippen molar-refractivity contribution in [2.24, 2.45) is 0 Å². The lowest BCUT2D eigenvalue weighted by Gasteiger charge is -2.24. The summed E-state index contributed by atoms with van der Waals surface area (Å²) in [6.45, 7) is 0. The molecule has 0 aliphatic heterocycles. The molecule has 1 aromatic heterocycles. The van der Waals surface area contributed by atoms with Crippen molar-refractivity contribution in [2.75, 3.05) is 7.05 Å². The topological polar surface area (TPSA) is 50.3 Å². The van der Waals surface area contributed by atoms with Crippen LogP contribution < -0.4 is 0 Å². The summed E-state index contributed by atoms with van der Waals surface area (Å²) in [5, 5.41) is 0.410. The molecule has 114 valence electrons. The lowest BCUT2D eigenvalue weighted by molar-refractivity contribution is 0.509. The van der Waals surface area contributed by atoms with Crippen molar-refractivity contribution in [3.05, 3.63) is 24.3 Å². The number of nitrogens with zero attached hydrogens (tertiary/aromatic N) is 2. The summed E-state index contributed by atoms with van der Waals surface area (Å²) in [6.07, 6.45) is 5.87. The van der Waals surface area contributed by atoms with E-state index in [-0.39, 0.29) is 4.34 Å². The maximum absolute atomic E-state index is 12.6. The number of para-hydroxylation sites is 1. The normalized spacial score (nSPS) is 17.6. The fourth-order valence-electron chi connectivity index (χ4n) is 2.51. The van der Waals surface area contributed by atoms with E-state index in [4.69, 9.17) is 0 Å². The number of thiazole rings is 1. The minimum absolute atomic E-state index is 0.189. The van der Waals surface area contributed by atoms with Gasteiger partial charge in [0, 0.05) is 12.3 Å². The minimum atomic E-state index is -3.50. The van der Waals surface area contributed by atoms with Gasteiger partial charge in [0.25, 0.3) is 10.0 Å². The summed E-state index contributed by atoms with van der Waals surface area (Å²) in [5.41, 5.74) is 0.747. The zero-order chi connectivity index (χ0) is 14.9. The van der Waals surface area contributed by atoms with Gasteiger partial charge in [-0.1, -0.05) is 43.3 Å². The highest BCUT2D eigenvalue weighted by atomic mass is 32.3. The van der Waals surface area contributed by atoms with E-state index in [1.807, 2.05) is 24.3 Å². The Hall–Kier alpha value is -0.630. The van der Waals surface area contributed by atoms with Crippen molar-refractivity contribution in [1.29, 1.82) is 0 Å². The third-order valence-corrected chi connectivity index (χ3v) is 8.52. The molecule has 1 aliphatic carbocycles. The Morgan fingerprint density at radius 1 is 1.24 bits per heavy atom. The minimum Gasteiger partial charge on any atom is -0.224 e. The van der Waals surface area contributed by atoms with E-state index in [0.717, 1.165) is 23.1 Å². The number of benzene rings is 1. The van der Waals surface area contributed by atoms with Crippen molar-refractivity contribution >= 4 is 43.5 Å². The third kappa shape index (κ3) is 3.26. The van der Waals surface area contributed by atoms with Crippen LogP contribution in [0.1, 0.15) is 32.1 Å². The summed E-state index contributed by atoms with van der Waals surface area (Å²) < 4.78 is 27.8. The maximum Gasteiger partial charge on any atom is 0.279 e. The molecule has 0 unspecified atom stereocenters. The molecule has 0 amide bonds. The highest BCUT2D eigenvalue weighted by Crippen LogP contribution is 2.34. The fourth-order valence-corrected chi connectivity index (χ4v) is 6.80. The average Bonchev–Trinajstić information content (AvgIpc) is 2.93. The van der Waals surface area contributed by atoms with Crippen LogP contribution in [0.15, 0.2) is 28.6 Å². The summed E-state index contributed by atoms with van der Waals surface area (Å²) >= 11 is 2.68. The molecule has 0 atom stereocenters. The molecule has 21 heavy (non-hydrogen) atoms. The summed E-state index contributed by atoms with van der Waals surface area (Å²) in [6, 6.07) is 7.52. The maximum atomic E-state index is 12.6. The van der Waals surface area contributed by atoms with Crippen molar-refractivity contribution in [2.45, 2.75) is 41.7 Å². The summed E-state index contributed by atoms with van der Waals surface area (Å²) in [5.74, 6) is 0. The number of fused-ring (bicyclic) bond motifs is 1. The van der Waals surface area contributed by atoms with Crippen LogP contribution in [0.4, 0.5) is 0 Å². The molecule has 7 heteroatoms. The Balaban J connectivity index is 1.81. The average molecular weight is 343 g/mol. The molecule has 1 aromatic carbocycles. The lowest BCUT2D eigenvalue weighted by atomic mass is 10.0. The van der Waals surface area contributed by atoms with Gasteiger partial charge in [-0.15, -0.1) is 15.0 Å². The highest BCUT2D eigenvalue weighted by molar-refractivity contribution is 8.09. The molecule has 1 saturated carbocycles. The first-order valence-corrected chi connectivity index (χ1v) is 10.2. The largest absolute Gasteiger partial charge is 0.279 e. The smallest absolute Gasteiger partial charge is 0.224 e. The van der Waals surface area contributed by atoms with Crippen LogP contribution in [0.2, 0.25) is 0 Å². The molecule has 1 aliphatic rings. The predicted molar refractivity (Wildman–Crippen MR) is 89.0 cm³/mol. The molecule has 0 saturated heterocycles. The number of rotatable bonds is 4. The molecule has 0 N–H and O–H groups in total. The monoisotopic (exact) mass is 342 g/mol. The van der Waals surface area contributed by atoms with Gasteiger partial charge in [0.05, 0.1) is 10.2 Å². The molecule has 4 nitrogen and oxygen atoms in total. The molecular formula is C14H18N2O2S3. The van der Waals surface area contributed by atoms with Crippen molar-refractivity contribution in [3.8, 4) is 0 Å². The second-order valence-electron chi connectivity index (χ2n) is 5.23. The standard InChI is InChI=1S/C14H18N2O2S3/c1-16(20-11-7-3-2-4-8-11)21(17,18)14-15-12-9-5-6-10-13(12)19-14/h5-6,9-11H,2-4,7-8H2,1H3. The summed E-state index contributed by atoms with van der Waals surface area (Å²) in [4.78, 5) is 4.27. The van der Waals surface area contributed by atoms with Crippen LogP contribution in [0.3, 0.4) is 0 Å². The first-order valence-electron chi connectivity index (χ1n) is 7.08. The van der Waals surface area contributed by atoms with E-state index in [1.165, 1.54) is 46.3 Å². The lowest BCUT2D eigenvalue weighted by Crippen LogP contribution is -2.24. The van der Waals surface area contributed by atoms with E-state index in [0.29, 0.717) is 5.25 Å². The predicted octanol–water partition coefficient (Wildman–Crippen LogP) is 3.90. The Labute approximate surface area is 133 Å². The fraction of sp³-hybridized carbons (Fsp3) is 0.500. The highest BCUT2D eigenvalue weighted by Gasteiger charge is 2.28. The quantitative estimate of drug-likeness (QED) is 0.791. The van der Waals surface area contributed by atoms with Gasteiger partial charge in [-0.3, -0.25) is 0 Å². The number of aromatic nitrogens is 1. The zero-order valence-corrected chi connectivity index (χ0v) is 14.3. The van der Waals surface area contributed by atoms with Crippen LogP contribution in [0, 0.1) is 0 Å². The van der Waals surface area contributed by atoms with E-state index in [9.17, 15) is 8.42 Å². The summed E-state index contributed by atoms with van der Waals surface area (Å²) in [7, 11) is -1.86. The molecule has 3 rings (SSSR count). The van der Waals surface area contributed by atoms with Gasteiger partial charge in [-0.25, -0.2) is 13.4 Å². The van der Waals surface area contributed by atoms with Gasteiger partial charge in [0.1, 0.15) is 0 Å². The van der Waals surface area contributed by atoms with Crippen LogP contribution >= 0.6 is 23.3 Å². The number of sulfonamides is 1. The number of hydrogen-bond acceptors (Lipinski definition) is 5. The SMILES string of the molecule is CN(SC1CCCCC1)S(=O)(=O)c1nc2ccccc2s1. The van der Waals surface area contributed by atoms with Crippen molar-refractivity contribution in [1.82, 2.24) is 8.69 Å². The van der Waals surface area contributed by atoms with Gasteiger partial charge >= 0.3 is 0 Å². The van der Waals surface area contributed by atoms with Crippen molar-refractivity contribution in [3.63, 3.8) is 0 Å². The molecule has 0 radical (unpaired) electrons. The van der Waals surface area contributed by atoms with Crippen LogP contribution in [0.5, 0.6) is 0 Å². The van der Waals surface area contributed by atoms with Crippen LogP contribution in [-0.4, -0.2) is 29.4 Å². The van der Waals surface area contributed by atoms with Gasteiger partial charge in [0.2, 0.25) is 4.34 Å². The van der Waals surface area contributed by atoms with E-state index in [2.05, 4.69) is 4.98 Å². The first kappa shape index (κ1) is 15.3. The van der Waals surface area contributed by atoms with Crippen LogP contribution in [0.25, 0.3) is 10.2 Å². The van der Waals surface area contributed by atoms with Gasteiger partial charge < -0.3 is 0 Å². The molecule has 1 heterocycles. The third-order valence-electron chi connectivity index (χ3n) is 3.68. The molecular weight excluding hydrogens is 324 g/mol. The molecule has 0 bridgehead atoms.